The number of hydrogen-bond donors (Lipinski definition) is 1. The summed E-state index contributed by atoms with van der Waals surface area (Å²) in [6.07, 6.45) is 3.00. The normalized spacial score (nSPS) is 17.1. The van der Waals surface area contributed by atoms with Crippen molar-refractivity contribution < 1.29 is 5.21 Å². The van der Waals surface area contributed by atoms with Gasteiger partial charge in [0.25, 0.3) is 0 Å². The zero-order valence-corrected chi connectivity index (χ0v) is 9.11. The molecule has 0 amide bonds. The van der Waals surface area contributed by atoms with Gasteiger partial charge in [-0.05, 0) is 25.3 Å². The Kier molecular flexibility index (Phi) is 3.07. The second-order valence-electron chi connectivity index (χ2n) is 4.12. The molecular formula is C13H17NO. The largest absolute Gasteiger partial charge is 0.289 e. The van der Waals surface area contributed by atoms with Gasteiger partial charge in [-0.1, -0.05) is 35.9 Å². The van der Waals surface area contributed by atoms with Crippen LogP contribution in [-0.2, 0) is 6.42 Å². The molecule has 0 aromatic heterocycles. The fraction of sp³-hybridized carbons (Fsp3) is 0.385. The van der Waals surface area contributed by atoms with Gasteiger partial charge >= 0.3 is 0 Å². The first kappa shape index (κ1) is 10.2. The Balaban J connectivity index is 2.17. The molecule has 0 spiro atoms. The summed E-state index contributed by atoms with van der Waals surface area (Å²) in [6, 6.07) is 10.3. The van der Waals surface area contributed by atoms with Crippen molar-refractivity contribution in [2.24, 2.45) is 0 Å². The van der Waals surface area contributed by atoms with Crippen LogP contribution in [0.2, 0.25) is 0 Å². The molecular weight excluding hydrogens is 186 g/mol. The molecule has 0 radical (unpaired) electrons. The second kappa shape index (κ2) is 4.49. The second-order valence-corrected chi connectivity index (χ2v) is 4.12. The lowest BCUT2D eigenvalue weighted by atomic mass is 10.00. The summed E-state index contributed by atoms with van der Waals surface area (Å²) in [4.78, 5) is 0. The third-order valence-electron chi connectivity index (χ3n) is 2.94. The Labute approximate surface area is 90.8 Å². The van der Waals surface area contributed by atoms with Crippen LogP contribution in [0.5, 0.6) is 0 Å². The maximum atomic E-state index is 9.78. The number of nitrogens with zero attached hydrogens (tertiary/aromatic N) is 1. The van der Waals surface area contributed by atoms with Crippen LogP contribution in [-0.4, -0.2) is 16.8 Å². The summed E-state index contributed by atoms with van der Waals surface area (Å²) in [7, 11) is 0. The van der Waals surface area contributed by atoms with E-state index in [-0.39, 0.29) is 0 Å². The molecule has 1 N–H and O–H groups in total. The van der Waals surface area contributed by atoms with Gasteiger partial charge in [-0.3, -0.25) is 10.3 Å². The standard InChI is InChI=1S/C13H17NO/c1-11-6-5-9-14(15)13(11)10-12-7-3-2-4-8-12/h2-4,7-8,15H,5-6,9-10H2,1H3. The van der Waals surface area contributed by atoms with Gasteiger partial charge in [-0.15, -0.1) is 0 Å². The minimum Gasteiger partial charge on any atom is -0.289 e. The first-order valence-electron chi connectivity index (χ1n) is 5.46. The molecule has 0 atom stereocenters. The summed E-state index contributed by atoms with van der Waals surface area (Å²) in [6.45, 7) is 2.88. The predicted octanol–water partition coefficient (Wildman–Crippen LogP) is 2.99. The van der Waals surface area contributed by atoms with Crippen LogP contribution in [0.1, 0.15) is 25.3 Å². The van der Waals surface area contributed by atoms with Crippen molar-refractivity contribution in [2.75, 3.05) is 6.54 Å². The Morgan fingerprint density at radius 1 is 1.27 bits per heavy atom. The van der Waals surface area contributed by atoms with E-state index in [9.17, 15) is 5.21 Å². The van der Waals surface area contributed by atoms with Gasteiger partial charge in [0.2, 0.25) is 0 Å². The zero-order chi connectivity index (χ0) is 10.7. The van der Waals surface area contributed by atoms with Gasteiger partial charge in [0.05, 0.1) is 0 Å². The van der Waals surface area contributed by atoms with Crippen LogP contribution in [0, 0.1) is 0 Å². The van der Waals surface area contributed by atoms with Gasteiger partial charge < -0.3 is 0 Å². The highest BCUT2D eigenvalue weighted by atomic mass is 16.5. The van der Waals surface area contributed by atoms with E-state index in [1.54, 1.807) is 0 Å². The molecule has 0 aliphatic carbocycles. The quantitative estimate of drug-likeness (QED) is 0.798. The highest BCUT2D eigenvalue weighted by Crippen LogP contribution is 2.23. The molecule has 80 valence electrons. The Hall–Kier alpha value is -1.28. The monoisotopic (exact) mass is 203 g/mol. The van der Waals surface area contributed by atoms with Crippen molar-refractivity contribution in [1.29, 1.82) is 0 Å². The van der Waals surface area contributed by atoms with Crippen molar-refractivity contribution in [3.8, 4) is 0 Å². The third-order valence-corrected chi connectivity index (χ3v) is 2.94. The third kappa shape index (κ3) is 2.39. The highest BCUT2D eigenvalue weighted by Gasteiger charge is 2.15. The van der Waals surface area contributed by atoms with E-state index >= 15 is 0 Å². The molecule has 1 aliphatic heterocycles. The van der Waals surface area contributed by atoms with Crippen LogP contribution in [0.3, 0.4) is 0 Å². The van der Waals surface area contributed by atoms with Crippen molar-refractivity contribution >= 4 is 0 Å². The zero-order valence-electron chi connectivity index (χ0n) is 9.11. The lowest BCUT2D eigenvalue weighted by Crippen LogP contribution is -2.26. The average Bonchev–Trinajstić information content (AvgIpc) is 2.25. The first-order valence-corrected chi connectivity index (χ1v) is 5.46. The molecule has 1 aromatic carbocycles. The number of benzene rings is 1. The van der Waals surface area contributed by atoms with Crippen LogP contribution >= 0.6 is 0 Å². The maximum absolute atomic E-state index is 9.78. The summed E-state index contributed by atoms with van der Waals surface area (Å²) >= 11 is 0. The molecule has 15 heavy (non-hydrogen) atoms. The number of rotatable bonds is 2. The molecule has 0 saturated heterocycles. The first-order chi connectivity index (χ1) is 7.27. The Morgan fingerprint density at radius 2 is 2.00 bits per heavy atom. The van der Waals surface area contributed by atoms with Gasteiger partial charge in [0, 0.05) is 18.7 Å². The van der Waals surface area contributed by atoms with Gasteiger partial charge in [-0.2, -0.15) is 0 Å². The topological polar surface area (TPSA) is 23.5 Å². The smallest absolute Gasteiger partial charge is 0.0452 e. The summed E-state index contributed by atoms with van der Waals surface area (Å²) in [5.41, 5.74) is 3.65. The Morgan fingerprint density at radius 3 is 2.67 bits per heavy atom. The molecule has 1 heterocycles. The van der Waals surface area contributed by atoms with Crippen LogP contribution in [0.15, 0.2) is 41.6 Å². The predicted molar refractivity (Wildman–Crippen MR) is 60.6 cm³/mol. The summed E-state index contributed by atoms with van der Waals surface area (Å²) < 4.78 is 0. The average molecular weight is 203 g/mol. The van der Waals surface area contributed by atoms with Crippen LogP contribution in [0.4, 0.5) is 0 Å². The molecule has 2 rings (SSSR count). The van der Waals surface area contributed by atoms with E-state index in [4.69, 9.17) is 0 Å². The van der Waals surface area contributed by atoms with Gasteiger partial charge in [-0.25, -0.2) is 0 Å². The Bertz CT molecular complexity index is 356. The van der Waals surface area contributed by atoms with E-state index in [2.05, 4.69) is 19.1 Å². The van der Waals surface area contributed by atoms with Crippen molar-refractivity contribution in [3.63, 3.8) is 0 Å². The molecule has 2 nitrogen and oxygen atoms in total. The fourth-order valence-corrected chi connectivity index (χ4v) is 2.02. The molecule has 0 saturated carbocycles. The van der Waals surface area contributed by atoms with Crippen LogP contribution < -0.4 is 0 Å². The molecule has 2 heteroatoms. The molecule has 0 fully saturated rings. The van der Waals surface area contributed by atoms with E-state index in [1.807, 2.05) is 18.2 Å². The summed E-state index contributed by atoms with van der Waals surface area (Å²) in [5, 5.41) is 11.2. The lowest BCUT2D eigenvalue weighted by Gasteiger charge is -2.27. The maximum Gasteiger partial charge on any atom is 0.0452 e. The number of allylic oxidation sites excluding steroid dienone is 2. The van der Waals surface area contributed by atoms with Gasteiger partial charge in [0.15, 0.2) is 0 Å². The number of hydrogen-bond acceptors (Lipinski definition) is 2. The van der Waals surface area contributed by atoms with Crippen molar-refractivity contribution in [3.05, 3.63) is 47.2 Å². The van der Waals surface area contributed by atoms with E-state index < -0.39 is 0 Å². The van der Waals surface area contributed by atoms with Crippen LogP contribution in [0.25, 0.3) is 0 Å². The molecule has 0 unspecified atom stereocenters. The minimum atomic E-state index is 0.763. The SMILES string of the molecule is CC1=C(Cc2ccccc2)N(O)CCC1. The lowest BCUT2D eigenvalue weighted by molar-refractivity contribution is -0.0643. The number of hydroxylamine groups is 2. The van der Waals surface area contributed by atoms with E-state index in [0.717, 1.165) is 31.5 Å². The van der Waals surface area contributed by atoms with Gasteiger partial charge in [0.1, 0.15) is 0 Å². The fourth-order valence-electron chi connectivity index (χ4n) is 2.02. The van der Waals surface area contributed by atoms with E-state index in [1.165, 1.54) is 16.2 Å². The van der Waals surface area contributed by atoms with Crippen molar-refractivity contribution in [1.82, 2.24) is 5.06 Å². The highest BCUT2D eigenvalue weighted by molar-refractivity contribution is 5.24. The molecule has 1 aromatic rings. The molecule has 0 bridgehead atoms. The van der Waals surface area contributed by atoms with E-state index in [0.29, 0.717) is 0 Å². The van der Waals surface area contributed by atoms with Crippen molar-refractivity contribution in [2.45, 2.75) is 26.2 Å². The molecule has 1 aliphatic rings. The minimum absolute atomic E-state index is 0.763. The summed E-state index contributed by atoms with van der Waals surface area (Å²) in [5.74, 6) is 0.